The van der Waals surface area contributed by atoms with Gasteiger partial charge in [0.05, 0.1) is 6.54 Å². The molecule has 0 spiro atoms. The summed E-state index contributed by atoms with van der Waals surface area (Å²) in [6.45, 7) is 5.83. The van der Waals surface area contributed by atoms with E-state index in [9.17, 15) is 5.11 Å². The van der Waals surface area contributed by atoms with Gasteiger partial charge < -0.3 is 10.0 Å². The first kappa shape index (κ1) is 20.2. The second-order valence-electron chi connectivity index (χ2n) is 6.75. The summed E-state index contributed by atoms with van der Waals surface area (Å²) in [5.74, 6) is 1.12. The maximum Gasteiger partial charge on any atom is 0.125 e. The van der Waals surface area contributed by atoms with Gasteiger partial charge in [0.2, 0.25) is 0 Å². The molecule has 0 amide bonds. The van der Waals surface area contributed by atoms with Crippen molar-refractivity contribution in [2.75, 3.05) is 13.1 Å². The largest absolute Gasteiger partial charge is 0.374 e. The van der Waals surface area contributed by atoms with Crippen LogP contribution >= 0.6 is 0 Å². The highest BCUT2D eigenvalue weighted by Gasteiger charge is 2.19. The van der Waals surface area contributed by atoms with Gasteiger partial charge in [-0.3, -0.25) is 4.99 Å². The number of nitrogens with zero attached hydrogens (tertiary/aromatic N) is 2. The van der Waals surface area contributed by atoms with Gasteiger partial charge >= 0.3 is 0 Å². The Morgan fingerprint density at radius 2 is 1.61 bits per heavy atom. The zero-order valence-electron chi connectivity index (χ0n) is 15.5. The number of unbranched alkanes of at least 4 members (excludes halogenated alkanes) is 9. The standard InChI is InChI=1S/C20H38N2O/c1-3-4-5-6-7-8-9-10-11-12-13-14-15-16-20-21-17-18-22(20)19(2)23/h8-9,19,23H,3-7,10-18H2,1-2H3/b9-8+. The molecule has 3 heteroatoms. The zero-order valence-corrected chi connectivity index (χ0v) is 15.5. The summed E-state index contributed by atoms with van der Waals surface area (Å²) >= 11 is 0. The van der Waals surface area contributed by atoms with E-state index in [1.54, 1.807) is 0 Å². The summed E-state index contributed by atoms with van der Waals surface area (Å²) in [6, 6.07) is 0. The van der Waals surface area contributed by atoms with Crippen molar-refractivity contribution in [1.29, 1.82) is 0 Å². The maximum atomic E-state index is 9.67. The van der Waals surface area contributed by atoms with E-state index in [0.717, 1.165) is 25.3 Å². The molecule has 0 saturated heterocycles. The van der Waals surface area contributed by atoms with Crippen molar-refractivity contribution >= 4 is 5.84 Å². The van der Waals surface area contributed by atoms with Crippen molar-refractivity contribution in [3.05, 3.63) is 12.2 Å². The molecule has 0 radical (unpaired) electrons. The summed E-state index contributed by atoms with van der Waals surface area (Å²) in [4.78, 5) is 6.54. The van der Waals surface area contributed by atoms with Gasteiger partial charge in [-0.05, 0) is 39.0 Å². The lowest BCUT2D eigenvalue weighted by molar-refractivity contribution is 0.0766. The van der Waals surface area contributed by atoms with E-state index in [4.69, 9.17) is 0 Å². The summed E-state index contributed by atoms with van der Waals surface area (Å²) in [6.07, 6.45) is 19.8. The first-order chi connectivity index (χ1) is 11.3. The van der Waals surface area contributed by atoms with Gasteiger partial charge in [-0.1, -0.05) is 57.6 Å². The average Bonchev–Trinajstić information content (AvgIpc) is 3.00. The van der Waals surface area contributed by atoms with E-state index in [1.165, 1.54) is 70.6 Å². The lowest BCUT2D eigenvalue weighted by atomic mass is 10.1. The Labute approximate surface area is 143 Å². The summed E-state index contributed by atoms with van der Waals surface area (Å²) < 4.78 is 0. The van der Waals surface area contributed by atoms with Crippen LogP contribution in [0.2, 0.25) is 0 Å². The minimum absolute atomic E-state index is 0.384. The van der Waals surface area contributed by atoms with Crippen LogP contribution in [-0.4, -0.2) is 35.2 Å². The molecule has 23 heavy (non-hydrogen) atoms. The number of allylic oxidation sites excluding steroid dienone is 2. The van der Waals surface area contributed by atoms with Gasteiger partial charge in [0.1, 0.15) is 12.1 Å². The Morgan fingerprint density at radius 1 is 1.00 bits per heavy atom. The third-order valence-electron chi connectivity index (χ3n) is 4.58. The molecule has 0 bridgehead atoms. The van der Waals surface area contributed by atoms with E-state index < -0.39 is 0 Å². The van der Waals surface area contributed by atoms with Crippen molar-refractivity contribution in [2.45, 2.75) is 97.1 Å². The van der Waals surface area contributed by atoms with E-state index in [2.05, 4.69) is 24.1 Å². The molecule has 1 rings (SSSR count). The topological polar surface area (TPSA) is 35.8 Å². The number of rotatable bonds is 14. The minimum Gasteiger partial charge on any atom is -0.374 e. The number of hydrogen-bond donors (Lipinski definition) is 1. The molecule has 0 aliphatic carbocycles. The van der Waals surface area contributed by atoms with Gasteiger partial charge in [-0.25, -0.2) is 0 Å². The molecule has 1 heterocycles. The highest BCUT2D eigenvalue weighted by molar-refractivity contribution is 5.83. The van der Waals surface area contributed by atoms with Crippen LogP contribution < -0.4 is 0 Å². The fraction of sp³-hybridized carbons (Fsp3) is 0.850. The minimum atomic E-state index is -0.384. The average molecular weight is 323 g/mol. The number of hydrogen-bond acceptors (Lipinski definition) is 3. The van der Waals surface area contributed by atoms with Crippen LogP contribution in [0.25, 0.3) is 0 Å². The Balaban J connectivity index is 1.87. The smallest absolute Gasteiger partial charge is 0.125 e. The van der Waals surface area contributed by atoms with E-state index in [1.807, 2.05) is 11.8 Å². The van der Waals surface area contributed by atoms with Crippen LogP contribution in [0.4, 0.5) is 0 Å². The first-order valence-corrected chi connectivity index (χ1v) is 9.88. The van der Waals surface area contributed by atoms with E-state index in [-0.39, 0.29) is 6.23 Å². The highest BCUT2D eigenvalue weighted by atomic mass is 16.3. The number of aliphatic hydroxyl groups excluding tert-OH is 1. The molecule has 3 nitrogen and oxygen atoms in total. The van der Waals surface area contributed by atoms with Gasteiger partial charge in [0, 0.05) is 13.0 Å². The Hall–Kier alpha value is -0.830. The molecular weight excluding hydrogens is 284 g/mol. The number of aliphatic hydroxyl groups is 1. The first-order valence-electron chi connectivity index (χ1n) is 9.88. The molecule has 0 aromatic heterocycles. The Morgan fingerprint density at radius 3 is 2.26 bits per heavy atom. The van der Waals surface area contributed by atoms with Gasteiger partial charge in [0.15, 0.2) is 0 Å². The third kappa shape index (κ3) is 9.80. The predicted molar refractivity (Wildman–Crippen MR) is 101 cm³/mol. The quantitative estimate of drug-likeness (QED) is 0.348. The molecule has 0 aromatic carbocycles. The molecule has 1 aliphatic rings. The lowest BCUT2D eigenvalue weighted by Crippen LogP contribution is -2.35. The van der Waals surface area contributed by atoms with E-state index in [0.29, 0.717) is 0 Å². The lowest BCUT2D eigenvalue weighted by Gasteiger charge is -2.23. The Bertz CT molecular complexity index is 337. The van der Waals surface area contributed by atoms with Gasteiger partial charge in [0.25, 0.3) is 0 Å². The second kappa shape index (κ2) is 13.6. The van der Waals surface area contributed by atoms with Crippen molar-refractivity contribution in [3.8, 4) is 0 Å². The second-order valence-corrected chi connectivity index (χ2v) is 6.75. The fourth-order valence-corrected chi connectivity index (χ4v) is 3.13. The van der Waals surface area contributed by atoms with Gasteiger partial charge in [-0.2, -0.15) is 0 Å². The summed E-state index contributed by atoms with van der Waals surface area (Å²) in [5.41, 5.74) is 0. The summed E-state index contributed by atoms with van der Waals surface area (Å²) in [7, 11) is 0. The van der Waals surface area contributed by atoms with Crippen LogP contribution in [0, 0.1) is 0 Å². The Kier molecular flexibility index (Phi) is 11.9. The monoisotopic (exact) mass is 322 g/mol. The number of amidine groups is 1. The predicted octanol–water partition coefficient (Wildman–Crippen LogP) is 5.30. The molecule has 0 aromatic rings. The molecule has 0 fully saturated rings. The van der Waals surface area contributed by atoms with Crippen LogP contribution in [0.3, 0.4) is 0 Å². The van der Waals surface area contributed by atoms with Crippen LogP contribution in [0.1, 0.15) is 90.9 Å². The molecule has 1 unspecified atom stereocenters. The molecular formula is C20H38N2O. The molecule has 1 atom stereocenters. The van der Waals surface area contributed by atoms with Gasteiger partial charge in [-0.15, -0.1) is 0 Å². The van der Waals surface area contributed by atoms with Crippen molar-refractivity contribution in [2.24, 2.45) is 4.99 Å². The molecule has 1 N–H and O–H groups in total. The van der Waals surface area contributed by atoms with Crippen molar-refractivity contribution in [3.63, 3.8) is 0 Å². The van der Waals surface area contributed by atoms with Crippen LogP contribution in [0.5, 0.6) is 0 Å². The molecule has 134 valence electrons. The number of aliphatic imine (C=N–C) groups is 1. The third-order valence-corrected chi connectivity index (χ3v) is 4.58. The molecule has 0 saturated carbocycles. The maximum absolute atomic E-state index is 9.67. The zero-order chi connectivity index (χ0) is 16.8. The van der Waals surface area contributed by atoms with Crippen LogP contribution in [0.15, 0.2) is 17.1 Å². The fourth-order valence-electron chi connectivity index (χ4n) is 3.13. The summed E-state index contributed by atoms with van der Waals surface area (Å²) in [5, 5.41) is 9.67. The normalized spacial score (nSPS) is 16.3. The highest BCUT2D eigenvalue weighted by Crippen LogP contribution is 2.13. The van der Waals surface area contributed by atoms with Crippen molar-refractivity contribution in [1.82, 2.24) is 4.90 Å². The SMILES string of the molecule is CCCCCC/C=C/CCCCCCCC1=NCCN1C(C)O. The molecule has 1 aliphatic heterocycles. The van der Waals surface area contributed by atoms with E-state index >= 15 is 0 Å². The van der Waals surface area contributed by atoms with Crippen molar-refractivity contribution < 1.29 is 5.11 Å². The van der Waals surface area contributed by atoms with Crippen LogP contribution in [-0.2, 0) is 0 Å².